The van der Waals surface area contributed by atoms with Gasteiger partial charge in [-0.3, -0.25) is 0 Å². The van der Waals surface area contributed by atoms with E-state index in [1.54, 1.807) is 0 Å². The van der Waals surface area contributed by atoms with Crippen LogP contribution in [0.25, 0.3) is 22.3 Å². The first kappa shape index (κ1) is 12.2. The van der Waals surface area contributed by atoms with Crippen LogP contribution >= 0.6 is 0 Å². The topological polar surface area (TPSA) is 35.0 Å². The summed E-state index contributed by atoms with van der Waals surface area (Å²) in [7, 11) is 0. The number of ether oxygens (including phenoxy) is 1. The van der Waals surface area contributed by atoms with Gasteiger partial charge in [0.25, 0.3) is 0 Å². The van der Waals surface area contributed by atoms with Gasteiger partial charge < -0.3 is 4.74 Å². The molecule has 0 N–H and O–H groups in total. The summed E-state index contributed by atoms with van der Waals surface area (Å²) in [6.07, 6.45) is 5.25. The molecule has 3 rings (SSSR count). The van der Waals surface area contributed by atoms with E-state index in [4.69, 9.17) is 11.2 Å². The molecular weight excluding hydrogens is 248 g/mol. The standard InChI is InChI=1S/C17H12N2O/c1-2-12-20-17-14-10-6-7-11-15(14)18-16(19-17)13-8-4-3-5-9-13/h1,3-11H,12H2. The summed E-state index contributed by atoms with van der Waals surface area (Å²) in [6, 6.07) is 17.5. The van der Waals surface area contributed by atoms with Gasteiger partial charge in [-0.2, -0.15) is 4.98 Å². The molecule has 0 atom stereocenters. The van der Waals surface area contributed by atoms with E-state index in [2.05, 4.69) is 15.9 Å². The number of terminal acetylenes is 1. The molecule has 3 nitrogen and oxygen atoms in total. The number of hydrogen-bond acceptors (Lipinski definition) is 3. The number of para-hydroxylation sites is 1. The first-order chi connectivity index (χ1) is 9.88. The molecule has 0 bridgehead atoms. The average Bonchev–Trinajstić information content (AvgIpc) is 2.53. The van der Waals surface area contributed by atoms with Crippen LogP contribution in [0, 0.1) is 12.3 Å². The SMILES string of the molecule is C#CCOc1nc(-c2ccccc2)nc2ccccc12. The van der Waals surface area contributed by atoms with Gasteiger partial charge in [0.05, 0.1) is 10.9 Å². The summed E-state index contributed by atoms with van der Waals surface area (Å²) >= 11 is 0. The average molecular weight is 260 g/mol. The van der Waals surface area contributed by atoms with Crippen molar-refractivity contribution in [1.82, 2.24) is 9.97 Å². The normalized spacial score (nSPS) is 10.2. The molecule has 0 fully saturated rings. The zero-order chi connectivity index (χ0) is 13.8. The Morgan fingerprint density at radius 2 is 1.70 bits per heavy atom. The molecule has 20 heavy (non-hydrogen) atoms. The van der Waals surface area contributed by atoms with Crippen molar-refractivity contribution >= 4 is 10.9 Å². The van der Waals surface area contributed by atoms with E-state index in [0.29, 0.717) is 11.7 Å². The summed E-state index contributed by atoms with van der Waals surface area (Å²) in [4.78, 5) is 9.05. The molecule has 3 heteroatoms. The van der Waals surface area contributed by atoms with Crippen molar-refractivity contribution in [2.24, 2.45) is 0 Å². The van der Waals surface area contributed by atoms with Crippen LogP contribution in [0.2, 0.25) is 0 Å². The molecule has 1 aromatic heterocycles. The van der Waals surface area contributed by atoms with Crippen LogP contribution in [0.5, 0.6) is 5.88 Å². The lowest BCUT2D eigenvalue weighted by Crippen LogP contribution is -2.00. The number of aromatic nitrogens is 2. The monoisotopic (exact) mass is 260 g/mol. The number of fused-ring (bicyclic) bond motifs is 1. The van der Waals surface area contributed by atoms with Gasteiger partial charge in [0.1, 0.15) is 0 Å². The Labute approximate surface area is 117 Å². The quantitative estimate of drug-likeness (QED) is 0.678. The van der Waals surface area contributed by atoms with E-state index in [1.807, 2.05) is 54.6 Å². The highest BCUT2D eigenvalue weighted by atomic mass is 16.5. The highest BCUT2D eigenvalue weighted by Gasteiger charge is 2.09. The van der Waals surface area contributed by atoms with Crippen molar-refractivity contribution in [3.05, 3.63) is 54.6 Å². The Kier molecular flexibility index (Phi) is 3.30. The third-order valence-electron chi connectivity index (χ3n) is 2.89. The largest absolute Gasteiger partial charge is 0.464 e. The molecule has 0 saturated heterocycles. The molecule has 0 radical (unpaired) electrons. The minimum Gasteiger partial charge on any atom is -0.464 e. The fourth-order valence-electron chi connectivity index (χ4n) is 1.98. The highest BCUT2D eigenvalue weighted by molar-refractivity contribution is 5.85. The van der Waals surface area contributed by atoms with Crippen LogP contribution in [0.3, 0.4) is 0 Å². The van der Waals surface area contributed by atoms with Crippen LogP contribution in [0.1, 0.15) is 0 Å². The Hall–Kier alpha value is -2.86. The van der Waals surface area contributed by atoms with Gasteiger partial charge in [0.15, 0.2) is 12.4 Å². The molecule has 0 saturated carbocycles. The third-order valence-corrected chi connectivity index (χ3v) is 2.89. The minimum absolute atomic E-state index is 0.190. The van der Waals surface area contributed by atoms with Gasteiger partial charge in [-0.1, -0.05) is 48.4 Å². The fraction of sp³-hybridized carbons (Fsp3) is 0.0588. The van der Waals surface area contributed by atoms with Crippen molar-refractivity contribution in [2.75, 3.05) is 6.61 Å². The van der Waals surface area contributed by atoms with Crippen molar-refractivity contribution in [2.45, 2.75) is 0 Å². The summed E-state index contributed by atoms with van der Waals surface area (Å²) < 4.78 is 5.54. The second kappa shape index (κ2) is 5.41. The molecule has 2 aromatic carbocycles. The Morgan fingerprint density at radius 3 is 2.50 bits per heavy atom. The predicted octanol–water partition coefficient (Wildman–Crippen LogP) is 3.31. The van der Waals surface area contributed by atoms with E-state index >= 15 is 0 Å². The van der Waals surface area contributed by atoms with Crippen LogP contribution in [-0.2, 0) is 0 Å². The molecule has 0 aliphatic carbocycles. The van der Waals surface area contributed by atoms with Gasteiger partial charge >= 0.3 is 0 Å². The zero-order valence-electron chi connectivity index (χ0n) is 10.8. The molecule has 96 valence electrons. The summed E-state index contributed by atoms with van der Waals surface area (Å²) in [6.45, 7) is 0.190. The molecule has 1 heterocycles. The van der Waals surface area contributed by atoms with E-state index < -0.39 is 0 Å². The van der Waals surface area contributed by atoms with Gasteiger partial charge in [0, 0.05) is 5.56 Å². The molecule has 0 aliphatic heterocycles. The van der Waals surface area contributed by atoms with E-state index in [1.165, 1.54) is 0 Å². The summed E-state index contributed by atoms with van der Waals surface area (Å²) in [5, 5.41) is 0.863. The first-order valence-electron chi connectivity index (χ1n) is 6.27. The van der Waals surface area contributed by atoms with Gasteiger partial charge in [-0.15, -0.1) is 6.42 Å². The summed E-state index contributed by atoms with van der Waals surface area (Å²) in [5.74, 6) is 3.61. The van der Waals surface area contributed by atoms with E-state index in [0.717, 1.165) is 16.5 Å². The molecule has 3 aromatic rings. The Balaban J connectivity index is 2.17. The smallest absolute Gasteiger partial charge is 0.226 e. The lowest BCUT2D eigenvalue weighted by atomic mass is 10.2. The van der Waals surface area contributed by atoms with Crippen LogP contribution in [0.4, 0.5) is 0 Å². The maximum absolute atomic E-state index is 5.54. The van der Waals surface area contributed by atoms with Gasteiger partial charge in [-0.25, -0.2) is 4.98 Å². The molecule has 0 aliphatic rings. The molecule has 0 spiro atoms. The van der Waals surface area contributed by atoms with Crippen LogP contribution in [-0.4, -0.2) is 16.6 Å². The Bertz CT molecular complexity index is 776. The van der Waals surface area contributed by atoms with Gasteiger partial charge in [-0.05, 0) is 12.1 Å². The van der Waals surface area contributed by atoms with E-state index in [9.17, 15) is 0 Å². The predicted molar refractivity (Wildman–Crippen MR) is 79.3 cm³/mol. The molecule has 0 unspecified atom stereocenters. The lowest BCUT2D eigenvalue weighted by Gasteiger charge is -2.08. The number of nitrogens with zero attached hydrogens (tertiary/aromatic N) is 2. The van der Waals surface area contributed by atoms with Crippen molar-refractivity contribution in [3.8, 4) is 29.6 Å². The second-order valence-electron chi connectivity index (χ2n) is 4.23. The van der Waals surface area contributed by atoms with Gasteiger partial charge in [0.2, 0.25) is 5.88 Å². The van der Waals surface area contributed by atoms with Crippen molar-refractivity contribution in [1.29, 1.82) is 0 Å². The fourth-order valence-corrected chi connectivity index (χ4v) is 1.98. The van der Waals surface area contributed by atoms with Crippen molar-refractivity contribution < 1.29 is 4.74 Å². The maximum atomic E-state index is 5.54. The number of hydrogen-bond donors (Lipinski definition) is 0. The van der Waals surface area contributed by atoms with Crippen LogP contribution in [0.15, 0.2) is 54.6 Å². The van der Waals surface area contributed by atoms with Crippen LogP contribution < -0.4 is 4.74 Å². The van der Waals surface area contributed by atoms with E-state index in [-0.39, 0.29) is 6.61 Å². The molecular formula is C17H12N2O. The minimum atomic E-state index is 0.190. The zero-order valence-corrected chi connectivity index (χ0v) is 10.8. The number of rotatable bonds is 3. The van der Waals surface area contributed by atoms with Crippen molar-refractivity contribution in [3.63, 3.8) is 0 Å². The Morgan fingerprint density at radius 1 is 0.950 bits per heavy atom. The second-order valence-corrected chi connectivity index (χ2v) is 4.23. The number of benzene rings is 2. The molecule has 0 amide bonds. The maximum Gasteiger partial charge on any atom is 0.226 e. The third kappa shape index (κ3) is 2.32. The highest BCUT2D eigenvalue weighted by Crippen LogP contribution is 2.26. The summed E-state index contributed by atoms with van der Waals surface area (Å²) in [5.41, 5.74) is 1.79. The lowest BCUT2D eigenvalue weighted by molar-refractivity contribution is 0.360. The first-order valence-corrected chi connectivity index (χ1v) is 6.27.